The van der Waals surface area contributed by atoms with Crippen molar-refractivity contribution < 1.29 is 8.78 Å². The van der Waals surface area contributed by atoms with E-state index in [1.54, 1.807) is 0 Å². The third kappa shape index (κ3) is 2.30. The van der Waals surface area contributed by atoms with Crippen molar-refractivity contribution in [3.8, 4) is 0 Å². The Morgan fingerprint density at radius 3 is 2.46 bits per heavy atom. The van der Waals surface area contributed by atoms with Gasteiger partial charge in [0.05, 0.1) is 5.02 Å². The van der Waals surface area contributed by atoms with E-state index in [0.717, 1.165) is 6.20 Å². The molecule has 1 aromatic rings. The molecule has 0 unspecified atom stereocenters. The van der Waals surface area contributed by atoms with Crippen molar-refractivity contribution in [2.45, 2.75) is 11.8 Å². The van der Waals surface area contributed by atoms with Crippen molar-refractivity contribution in [2.75, 3.05) is 0 Å². The quantitative estimate of drug-likeness (QED) is 0.587. The fourth-order valence-electron chi connectivity index (χ4n) is 0.879. The van der Waals surface area contributed by atoms with E-state index in [0.29, 0.717) is 0 Å². The van der Waals surface area contributed by atoms with Crippen LogP contribution >= 0.6 is 39.1 Å². The smallest absolute Gasteiger partial charge is 0.243 e. The second-order valence-corrected chi connectivity index (χ2v) is 3.55. The Bertz CT molecular complexity index is 320. The number of aromatic nitrogens is 1. The van der Waals surface area contributed by atoms with Gasteiger partial charge >= 0.3 is 0 Å². The normalized spacial score (nSPS) is 10.9. The standard InChI is InChI=1S/C7H4BrCl2F2N/c8-1-3-5(7(11)12)4(9)2-13-6(3)10/h2,7H,1H2. The Labute approximate surface area is 92.2 Å². The Morgan fingerprint density at radius 2 is 2.08 bits per heavy atom. The molecule has 0 aliphatic heterocycles. The first-order valence-electron chi connectivity index (χ1n) is 3.24. The lowest BCUT2D eigenvalue weighted by Crippen LogP contribution is -1.96. The molecule has 1 aromatic heterocycles. The van der Waals surface area contributed by atoms with Gasteiger partial charge in [0.2, 0.25) is 0 Å². The van der Waals surface area contributed by atoms with Crippen molar-refractivity contribution in [3.05, 3.63) is 27.5 Å². The van der Waals surface area contributed by atoms with Crippen LogP contribution in [0.3, 0.4) is 0 Å². The molecule has 13 heavy (non-hydrogen) atoms. The summed E-state index contributed by atoms with van der Waals surface area (Å²) in [5.74, 6) is 0. The van der Waals surface area contributed by atoms with E-state index in [4.69, 9.17) is 23.2 Å². The number of pyridine rings is 1. The number of rotatable bonds is 2. The first kappa shape index (κ1) is 11.1. The summed E-state index contributed by atoms with van der Waals surface area (Å²) in [7, 11) is 0. The molecule has 1 heterocycles. The minimum atomic E-state index is -2.64. The molecule has 0 radical (unpaired) electrons. The van der Waals surface area contributed by atoms with Crippen LogP contribution < -0.4 is 0 Å². The molecular formula is C7H4BrCl2F2N. The fourth-order valence-corrected chi connectivity index (χ4v) is 2.07. The highest BCUT2D eigenvalue weighted by Crippen LogP contribution is 2.34. The Morgan fingerprint density at radius 1 is 1.46 bits per heavy atom. The first-order valence-corrected chi connectivity index (χ1v) is 5.12. The highest BCUT2D eigenvalue weighted by Gasteiger charge is 2.19. The molecule has 0 aliphatic carbocycles. The number of hydrogen-bond acceptors (Lipinski definition) is 1. The SMILES string of the molecule is FC(F)c1c(Cl)cnc(Cl)c1CBr. The zero-order valence-electron chi connectivity index (χ0n) is 6.20. The second-order valence-electron chi connectivity index (χ2n) is 2.22. The minimum Gasteiger partial charge on any atom is -0.243 e. The molecular weight excluding hydrogens is 287 g/mol. The number of alkyl halides is 3. The summed E-state index contributed by atoms with van der Waals surface area (Å²) >= 11 is 14.2. The van der Waals surface area contributed by atoms with Crippen LogP contribution in [0.15, 0.2) is 6.20 Å². The summed E-state index contributed by atoms with van der Waals surface area (Å²) in [5, 5.41) is 0.199. The molecule has 0 N–H and O–H groups in total. The number of hydrogen-bond donors (Lipinski definition) is 0. The van der Waals surface area contributed by atoms with Crippen molar-refractivity contribution >= 4 is 39.1 Å². The van der Waals surface area contributed by atoms with Crippen LogP contribution in [0.5, 0.6) is 0 Å². The monoisotopic (exact) mass is 289 g/mol. The average molecular weight is 291 g/mol. The second kappa shape index (κ2) is 4.53. The van der Waals surface area contributed by atoms with Gasteiger partial charge in [0.15, 0.2) is 0 Å². The zero-order chi connectivity index (χ0) is 10.0. The first-order chi connectivity index (χ1) is 6.07. The van der Waals surface area contributed by atoms with E-state index in [2.05, 4.69) is 20.9 Å². The maximum absolute atomic E-state index is 12.5. The van der Waals surface area contributed by atoms with E-state index in [-0.39, 0.29) is 26.6 Å². The highest BCUT2D eigenvalue weighted by molar-refractivity contribution is 9.08. The Kier molecular flexibility index (Phi) is 3.88. The topological polar surface area (TPSA) is 12.9 Å². The summed E-state index contributed by atoms with van der Waals surface area (Å²) in [6.07, 6.45) is -1.52. The fraction of sp³-hybridized carbons (Fsp3) is 0.286. The van der Waals surface area contributed by atoms with Gasteiger partial charge in [0.1, 0.15) is 5.15 Å². The molecule has 1 nitrogen and oxygen atoms in total. The van der Waals surface area contributed by atoms with Crippen molar-refractivity contribution in [1.82, 2.24) is 4.98 Å². The maximum Gasteiger partial charge on any atom is 0.265 e. The molecule has 0 spiro atoms. The third-order valence-electron chi connectivity index (χ3n) is 1.47. The molecule has 0 saturated carbocycles. The lowest BCUT2D eigenvalue weighted by atomic mass is 10.2. The molecule has 0 aromatic carbocycles. The summed E-state index contributed by atoms with van der Waals surface area (Å²) in [4.78, 5) is 3.66. The van der Waals surface area contributed by atoms with Gasteiger partial charge in [-0.1, -0.05) is 39.1 Å². The van der Waals surface area contributed by atoms with Gasteiger partial charge in [0.25, 0.3) is 6.43 Å². The molecule has 72 valence electrons. The lowest BCUT2D eigenvalue weighted by molar-refractivity contribution is 0.150. The lowest BCUT2D eigenvalue weighted by Gasteiger charge is -2.08. The van der Waals surface area contributed by atoms with Gasteiger partial charge in [-0.15, -0.1) is 0 Å². The maximum atomic E-state index is 12.5. The van der Waals surface area contributed by atoms with Crippen LogP contribution in [-0.4, -0.2) is 4.98 Å². The van der Waals surface area contributed by atoms with Crippen LogP contribution in [-0.2, 0) is 5.33 Å². The van der Waals surface area contributed by atoms with E-state index in [9.17, 15) is 8.78 Å². The van der Waals surface area contributed by atoms with Crippen LogP contribution in [0.1, 0.15) is 17.6 Å². The highest BCUT2D eigenvalue weighted by atomic mass is 79.9. The summed E-state index contributed by atoms with van der Waals surface area (Å²) in [5.41, 5.74) is -0.0114. The van der Waals surface area contributed by atoms with Gasteiger partial charge in [-0.05, 0) is 0 Å². The van der Waals surface area contributed by atoms with Crippen molar-refractivity contribution in [3.63, 3.8) is 0 Å². The number of halogens is 5. The average Bonchev–Trinajstić information content (AvgIpc) is 2.07. The van der Waals surface area contributed by atoms with Crippen molar-refractivity contribution in [2.24, 2.45) is 0 Å². The Hall–Kier alpha value is 0.0700. The van der Waals surface area contributed by atoms with Crippen LogP contribution in [0.25, 0.3) is 0 Å². The third-order valence-corrected chi connectivity index (χ3v) is 2.66. The minimum absolute atomic E-state index is 0.0524. The molecule has 0 bridgehead atoms. The predicted molar refractivity (Wildman–Crippen MR) is 51.8 cm³/mol. The van der Waals surface area contributed by atoms with Gasteiger partial charge in [-0.25, -0.2) is 13.8 Å². The summed E-state index contributed by atoms with van der Waals surface area (Å²) < 4.78 is 24.9. The number of nitrogens with zero attached hydrogens (tertiary/aromatic N) is 1. The van der Waals surface area contributed by atoms with Gasteiger partial charge in [-0.3, -0.25) is 0 Å². The molecule has 0 aliphatic rings. The van der Waals surface area contributed by atoms with E-state index < -0.39 is 6.43 Å². The zero-order valence-corrected chi connectivity index (χ0v) is 9.30. The predicted octanol–water partition coefficient (Wildman–Crippen LogP) is 4.22. The van der Waals surface area contributed by atoms with Crippen LogP contribution in [0.4, 0.5) is 8.78 Å². The Balaban J connectivity index is 3.35. The van der Waals surface area contributed by atoms with Crippen LogP contribution in [0.2, 0.25) is 10.2 Å². The van der Waals surface area contributed by atoms with Crippen LogP contribution in [0, 0.1) is 0 Å². The summed E-state index contributed by atoms with van der Waals surface area (Å²) in [6.45, 7) is 0. The molecule has 6 heteroatoms. The van der Waals surface area contributed by atoms with Crippen molar-refractivity contribution in [1.29, 1.82) is 0 Å². The molecule has 0 atom stereocenters. The summed E-state index contributed by atoms with van der Waals surface area (Å²) in [6, 6.07) is 0. The van der Waals surface area contributed by atoms with Gasteiger partial charge < -0.3 is 0 Å². The van der Waals surface area contributed by atoms with E-state index in [1.165, 1.54) is 0 Å². The molecule has 0 fully saturated rings. The van der Waals surface area contributed by atoms with E-state index in [1.807, 2.05) is 0 Å². The van der Waals surface area contributed by atoms with E-state index >= 15 is 0 Å². The molecule has 0 saturated heterocycles. The largest absolute Gasteiger partial charge is 0.265 e. The van der Waals surface area contributed by atoms with Gasteiger partial charge in [0, 0.05) is 22.7 Å². The molecule has 0 amide bonds. The van der Waals surface area contributed by atoms with Gasteiger partial charge in [-0.2, -0.15) is 0 Å². The molecule has 1 rings (SSSR count).